The number of hydrogen-bond donors (Lipinski definition) is 0. The lowest BCUT2D eigenvalue weighted by Gasteiger charge is -2.54. The Morgan fingerprint density at radius 2 is 0.738 bits per heavy atom. The molecule has 2 spiro atoms. The Bertz CT molecular complexity index is 3680. The standard InChI is InChI=1S/C62H37BN2/c1-2-18-38(19-3-1)39-36-45-44-24-16-31-52-59(44)65(56-35-15-13-30-51(56)62(52)48-27-10-6-22-42(48)43-23-7-11-28-49(43)62)63-54-33-17-32-53-60(54)64(57(37-39)58(45)63)55-34-14-12-29-50(55)61(53)46-25-8-4-20-40(46)41-21-5-9-26-47(41)61/h1-37H. The first-order valence-corrected chi connectivity index (χ1v) is 23.0. The maximum Gasteiger partial charge on any atom is 0.333 e. The summed E-state index contributed by atoms with van der Waals surface area (Å²) < 4.78 is 0. The average molecular weight is 821 g/mol. The molecule has 0 atom stereocenters. The first-order valence-electron chi connectivity index (χ1n) is 23.0. The molecule has 16 rings (SSSR count). The Balaban J connectivity index is 1.08. The van der Waals surface area contributed by atoms with E-state index < -0.39 is 10.8 Å². The van der Waals surface area contributed by atoms with Crippen molar-refractivity contribution in [1.82, 2.24) is 0 Å². The fourth-order valence-corrected chi connectivity index (χ4v) is 13.9. The first kappa shape index (κ1) is 34.4. The van der Waals surface area contributed by atoms with Crippen molar-refractivity contribution in [1.29, 1.82) is 0 Å². The zero-order chi connectivity index (χ0) is 42.2. The molecule has 10 aromatic rings. The number of rotatable bonds is 1. The number of anilines is 5. The molecule has 298 valence electrons. The van der Waals surface area contributed by atoms with Gasteiger partial charge in [0.1, 0.15) is 0 Å². The highest BCUT2D eigenvalue weighted by molar-refractivity contribution is 6.94. The van der Waals surface area contributed by atoms with E-state index in [1.165, 1.54) is 128 Å². The highest BCUT2D eigenvalue weighted by Gasteiger charge is 2.59. The summed E-state index contributed by atoms with van der Waals surface area (Å²) in [7, 11) is 0. The number of nitrogens with zero attached hydrogens (tertiary/aromatic N) is 2. The fraction of sp³-hybridized carbons (Fsp3) is 0.0323. The van der Waals surface area contributed by atoms with Crippen molar-refractivity contribution in [3.05, 3.63) is 269 Å². The summed E-state index contributed by atoms with van der Waals surface area (Å²) in [6.45, 7) is -0.107. The third kappa shape index (κ3) is 3.82. The van der Waals surface area contributed by atoms with Crippen molar-refractivity contribution < 1.29 is 0 Å². The summed E-state index contributed by atoms with van der Waals surface area (Å²) in [5, 5.41) is 0. The van der Waals surface area contributed by atoms with Gasteiger partial charge in [0.05, 0.1) is 16.5 Å². The van der Waals surface area contributed by atoms with Crippen LogP contribution in [-0.4, -0.2) is 6.85 Å². The minimum absolute atomic E-state index is 0.107. The van der Waals surface area contributed by atoms with Gasteiger partial charge >= 0.3 is 6.85 Å². The normalized spacial score (nSPS) is 15.5. The van der Waals surface area contributed by atoms with Gasteiger partial charge in [0, 0.05) is 28.3 Å². The fourth-order valence-electron chi connectivity index (χ4n) is 13.9. The Morgan fingerprint density at radius 3 is 1.34 bits per heavy atom. The van der Waals surface area contributed by atoms with Crippen molar-refractivity contribution in [3.63, 3.8) is 0 Å². The molecule has 0 saturated heterocycles. The molecule has 6 aliphatic rings. The van der Waals surface area contributed by atoms with E-state index in [9.17, 15) is 0 Å². The molecule has 4 aliphatic heterocycles. The van der Waals surface area contributed by atoms with Crippen LogP contribution < -0.4 is 20.6 Å². The van der Waals surface area contributed by atoms with Crippen molar-refractivity contribution in [2.24, 2.45) is 0 Å². The van der Waals surface area contributed by atoms with E-state index in [0.717, 1.165) is 0 Å². The van der Waals surface area contributed by atoms with E-state index in [1.807, 2.05) is 0 Å². The molecule has 0 radical (unpaired) electrons. The lowest BCUT2D eigenvalue weighted by Crippen LogP contribution is -2.64. The lowest BCUT2D eigenvalue weighted by atomic mass is 9.41. The van der Waals surface area contributed by atoms with Crippen molar-refractivity contribution in [2.75, 3.05) is 9.71 Å². The van der Waals surface area contributed by atoms with Crippen LogP contribution in [0, 0.1) is 0 Å². The third-order valence-electron chi connectivity index (χ3n) is 16.0. The summed E-state index contributed by atoms with van der Waals surface area (Å²) in [5.74, 6) is 0. The smallest absolute Gasteiger partial charge is 0.333 e. The molecule has 0 saturated carbocycles. The van der Waals surface area contributed by atoms with Gasteiger partial charge in [0.15, 0.2) is 0 Å². The zero-order valence-corrected chi connectivity index (χ0v) is 35.3. The molecule has 0 amide bonds. The first-order chi connectivity index (χ1) is 32.3. The van der Waals surface area contributed by atoms with Gasteiger partial charge in [-0.2, -0.15) is 0 Å². The van der Waals surface area contributed by atoms with Crippen LogP contribution in [0.4, 0.5) is 28.4 Å². The molecule has 0 bridgehead atoms. The van der Waals surface area contributed by atoms with Crippen LogP contribution in [0.3, 0.4) is 0 Å². The van der Waals surface area contributed by atoms with E-state index in [1.54, 1.807) is 0 Å². The maximum absolute atomic E-state index is 2.76. The molecule has 0 unspecified atom stereocenters. The van der Waals surface area contributed by atoms with Crippen LogP contribution >= 0.6 is 0 Å². The van der Waals surface area contributed by atoms with Gasteiger partial charge in [-0.3, -0.25) is 0 Å². The second kappa shape index (κ2) is 11.9. The second-order valence-electron chi connectivity index (χ2n) is 18.6. The monoisotopic (exact) mass is 820 g/mol. The average Bonchev–Trinajstić information content (AvgIpc) is 3.84. The van der Waals surface area contributed by atoms with Crippen molar-refractivity contribution in [2.45, 2.75) is 10.8 Å². The number of fused-ring (bicyclic) bond motifs is 22. The third-order valence-corrected chi connectivity index (χ3v) is 16.0. The van der Waals surface area contributed by atoms with Gasteiger partial charge in [-0.15, -0.1) is 0 Å². The highest BCUT2D eigenvalue weighted by Crippen LogP contribution is 2.67. The van der Waals surface area contributed by atoms with Gasteiger partial charge in [-0.05, 0) is 119 Å². The quantitative estimate of drug-likeness (QED) is 0.152. The van der Waals surface area contributed by atoms with Crippen LogP contribution in [0.25, 0.3) is 44.5 Å². The number of benzene rings is 10. The summed E-state index contributed by atoms with van der Waals surface area (Å²) in [6.07, 6.45) is 0. The van der Waals surface area contributed by atoms with Crippen molar-refractivity contribution in [3.8, 4) is 44.5 Å². The van der Waals surface area contributed by atoms with Gasteiger partial charge in [-0.25, -0.2) is 0 Å². The Labute approximate surface area is 378 Å². The highest BCUT2D eigenvalue weighted by atomic mass is 15.2. The Hall–Kier alpha value is -8.14. The summed E-state index contributed by atoms with van der Waals surface area (Å²) in [4.78, 5) is 5.42. The van der Waals surface area contributed by atoms with Crippen LogP contribution in [0.2, 0.25) is 0 Å². The molecule has 0 fully saturated rings. The molecule has 4 heterocycles. The van der Waals surface area contributed by atoms with E-state index in [0.29, 0.717) is 0 Å². The van der Waals surface area contributed by atoms with Crippen LogP contribution in [0.15, 0.2) is 224 Å². The minimum atomic E-state index is -0.512. The van der Waals surface area contributed by atoms with Gasteiger partial charge < -0.3 is 9.71 Å². The van der Waals surface area contributed by atoms with Gasteiger partial charge in [0.25, 0.3) is 0 Å². The SMILES string of the molecule is c1ccc(-c2cc3c4c(c2)N2c5ccccc5C5(c6ccccc6-c6ccccc65)c5cccc(c52)B4N2c4ccccc4C4(c5ccccc5-c5ccccc54)c4cccc-3c42)cc1. The molecule has 2 nitrogen and oxygen atoms in total. The predicted molar refractivity (Wildman–Crippen MR) is 267 cm³/mol. The molecular formula is C62H37BN2. The molecule has 65 heavy (non-hydrogen) atoms. The van der Waals surface area contributed by atoms with E-state index in [4.69, 9.17) is 0 Å². The van der Waals surface area contributed by atoms with Gasteiger partial charge in [-0.1, -0.05) is 200 Å². The number of hydrogen-bond acceptors (Lipinski definition) is 2. The van der Waals surface area contributed by atoms with Crippen molar-refractivity contribution >= 4 is 46.2 Å². The van der Waals surface area contributed by atoms with E-state index >= 15 is 0 Å². The topological polar surface area (TPSA) is 6.48 Å². The molecule has 0 N–H and O–H groups in total. The van der Waals surface area contributed by atoms with Crippen LogP contribution in [0.5, 0.6) is 0 Å². The molecule has 10 aromatic carbocycles. The number of para-hydroxylation sites is 4. The molecule has 3 heteroatoms. The summed E-state index contributed by atoms with van der Waals surface area (Å²) >= 11 is 0. The van der Waals surface area contributed by atoms with Gasteiger partial charge in [0.2, 0.25) is 0 Å². The minimum Gasteiger partial charge on any atom is -0.376 e. The van der Waals surface area contributed by atoms with E-state index in [-0.39, 0.29) is 6.85 Å². The molecule has 2 aliphatic carbocycles. The Kier molecular flexibility index (Phi) is 6.29. The van der Waals surface area contributed by atoms with Crippen LogP contribution in [-0.2, 0) is 10.8 Å². The summed E-state index contributed by atoms with van der Waals surface area (Å²) in [5.41, 5.74) is 29.1. The van der Waals surface area contributed by atoms with E-state index in [2.05, 4.69) is 234 Å². The van der Waals surface area contributed by atoms with Crippen LogP contribution in [0.1, 0.15) is 44.5 Å². The second-order valence-corrected chi connectivity index (χ2v) is 18.6. The molecule has 0 aromatic heterocycles. The largest absolute Gasteiger partial charge is 0.376 e. The zero-order valence-electron chi connectivity index (χ0n) is 35.3. The maximum atomic E-state index is 2.76. The predicted octanol–water partition coefficient (Wildman–Crippen LogP) is 13.4. The molecular weight excluding hydrogens is 784 g/mol. The summed E-state index contributed by atoms with van der Waals surface area (Å²) in [6, 6.07) is 85.8. The Morgan fingerprint density at radius 1 is 0.292 bits per heavy atom. The lowest BCUT2D eigenvalue weighted by molar-refractivity contribution is 0.752.